The smallest absolute Gasteiger partial charge is 0.306 e. The topological polar surface area (TPSA) is 69.4 Å². The molecule has 0 aliphatic heterocycles. The van der Waals surface area contributed by atoms with E-state index in [0.717, 1.165) is 18.4 Å². The van der Waals surface area contributed by atoms with Crippen LogP contribution in [0.3, 0.4) is 0 Å². The van der Waals surface area contributed by atoms with Crippen molar-refractivity contribution in [3.05, 3.63) is 46.0 Å². The molecule has 20 heavy (non-hydrogen) atoms. The third-order valence-corrected chi connectivity index (χ3v) is 4.11. The molecule has 0 spiro atoms. The van der Waals surface area contributed by atoms with Crippen molar-refractivity contribution < 1.29 is 14.5 Å². The number of hydrogen-bond donors (Lipinski definition) is 0. The van der Waals surface area contributed by atoms with Gasteiger partial charge in [0.25, 0.3) is 0 Å². The average Bonchev–Trinajstić information content (AvgIpc) is 2.47. The van der Waals surface area contributed by atoms with E-state index in [-0.39, 0.29) is 29.1 Å². The van der Waals surface area contributed by atoms with E-state index in [1.54, 1.807) is 0 Å². The maximum atomic E-state index is 11.5. The minimum absolute atomic E-state index is 0.116. The van der Waals surface area contributed by atoms with Crippen molar-refractivity contribution >= 4 is 5.97 Å². The Bertz CT molecular complexity index is 474. The van der Waals surface area contributed by atoms with Crippen LogP contribution in [0.15, 0.2) is 30.3 Å². The minimum atomic E-state index is -0.703. The van der Waals surface area contributed by atoms with Crippen molar-refractivity contribution in [2.24, 2.45) is 5.92 Å². The fraction of sp³-hybridized carbons (Fsp3) is 0.533. The molecule has 0 amide bonds. The molecule has 0 heterocycles. The maximum absolute atomic E-state index is 11.5. The standard InChI is InChI=1S/C15H19NO4/c1-20-14(17)10-12-8-5-9-13(15(12)16(18)19)11-6-3-2-4-7-11/h2-4,6-7,12-13,15H,5,8-10H2,1H3/t12-,13+,15+/m1/s1. The molecule has 0 N–H and O–H groups in total. The van der Waals surface area contributed by atoms with Gasteiger partial charge in [0, 0.05) is 10.8 Å². The summed E-state index contributed by atoms with van der Waals surface area (Å²) in [7, 11) is 1.32. The highest BCUT2D eigenvalue weighted by Gasteiger charge is 2.43. The second-order valence-electron chi connectivity index (χ2n) is 5.26. The van der Waals surface area contributed by atoms with E-state index in [9.17, 15) is 14.9 Å². The lowest BCUT2D eigenvalue weighted by Gasteiger charge is -2.32. The molecule has 0 saturated heterocycles. The predicted octanol–water partition coefficient (Wildman–Crippen LogP) is 2.78. The summed E-state index contributed by atoms with van der Waals surface area (Å²) in [6, 6.07) is 8.86. The zero-order chi connectivity index (χ0) is 14.5. The molecule has 0 unspecified atom stereocenters. The van der Waals surface area contributed by atoms with Crippen LogP contribution >= 0.6 is 0 Å². The van der Waals surface area contributed by atoms with Gasteiger partial charge in [-0.15, -0.1) is 0 Å². The van der Waals surface area contributed by atoms with Crippen LogP contribution < -0.4 is 0 Å². The first kappa shape index (κ1) is 14.5. The van der Waals surface area contributed by atoms with Gasteiger partial charge in [-0.25, -0.2) is 0 Å². The van der Waals surface area contributed by atoms with Gasteiger partial charge < -0.3 is 4.74 Å². The van der Waals surface area contributed by atoms with Crippen LogP contribution in [0.5, 0.6) is 0 Å². The highest BCUT2D eigenvalue weighted by Crippen LogP contribution is 2.39. The van der Waals surface area contributed by atoms with Gasteiger partial charge in [0.15, 0.2) is 0 Å². The molecule has 5 heteroatoms. The summed E-state index contributed by atoms with van der Waals surface area (Å²) in [4.78, 5) is 22.7. The zero-order valence-corrected chi connectivity index (χ0v) is 11.5. The lowest BCUT2D eigenvalue weighted by Crippen LogP contribution is -2.39. The number of methoxy groups -OCH3 is 1. The second-order valence-corrected chi connectivity index (χ2v) is 5.26. The fourth-order valence-electron chi connectivity index (χ4n) is 3.17. The van der Waals surface area contributed by atoms with Gasteiger partial charge in [-0.2, -0.15) is 0 Å². The molecule has 0 radical (unpaired) electrons. The van der Waals surface area contributed by atoms with Crippen molar-refractivity contribution in [1.29, 1.82) is 0 Å². The molecule has 1 aromatic carbocycles. The molecular weight excluding hydrogens is 258 g/mol. The number of nitrogens with zero attached hydrogens (tertiary/aromatic N) is 1. The molecular formula is C15H19NO4. The summed E-state index contributed by atoms with van der Waals surface area (Å²) in [5.41, 5.74) is 0.990. The van der Waals surface area contributed by atoms with Crippen molar-refractivity contribution in [2.45, 2.75) is 37.6 Å². The van der Waals surface area contributed by atoms with Crippen LogP contribution in [-0.2, 0) is 9.53 Å². The Kier molecular flexibility index (Phi) is 4.71. The molecule has 0 bridgehead atoms. The lowest BCUT2D eigenvalue weighted by molar-refractivity contribution is -0.539. The largest absolute Gasteiger partial charge is 0.469 e. The number of benzene rings is 1. The van der Waals surface area contributed by atoms with Crippen molar-refractivity contribution in [2.75, 3.05) is 7.11 Å². The van der Waals surface area contributed by atoms with E-state index >= 15 is 0 Å². The molecule has 3 atom stereocenters. The quantitative estimate of drug-likeness (QED) is 0.482. The highest BCUT2D eigenvalue weighted by molar-refractivity contribution is 5.69. The van der Waals surface area contributed by atoms with E-state index in [2.05, 4.69) is 4.74 Å². The molecule has 0 aromatic heterocycles. The molecule has 108 valence electrons. The maximum Gasteiger partial charge on any atom is 0.306 e. The van der Waals surface area contributed by atoms with E-state index in [1.165, 1.54) is 7.11 Å². The van der Waals surface area contributed by atoms with Crippen LogP contribution in [0.1, 0.15) is 37.2 Å². The van der Waals surface area contributed by atoms with Crippen LogP contribution in [-0.4, -0.2) is 24.0 Å². The molecule has 1 saturated carbocycles. The van der Waals surface area contributed by atoms with E-state index in [4.69, 9.17) is 0 Å². The number of ether oxygens (including phenoxy) is 1. The van der Waals surface area contributed by atoms with Crippen LogP contribution in [0.25, 0.3) is 0 Å². The molecule has 1 aromatic rings. The number of esters is 1. The summed E-state index contributed by atoms with van der Waals surface area (Å²) in [6.45, 7) is 0. The normalized spacial score (nSPS) is 25.9. The number of carbonyl (C=O) groups excluding carboxylic acids is 1. The van der Waals surface area contributed by atoms with Gasteiger partial charge in [-0.3, -0.25) is 14.9 Å². The number of nitro groups is 1. The van der Waals surface area contributed by atoms with E-state index < -0.39 is 6.04 Å². The number of rotatable bonds is 4. The van der Waals surface area contributed by atoms with E-state index in [1.807, 2.05) is 30.3 Å². The van der Waals surface area contributed by atoms with Crippen molar-refractivity contribution in [1.82, 2.24) is 0 Å². The SMILES string of the molecule is COC(=O)C[C@H]1CCC[C@@H](c2ccccc2)[C@H]1[N+](=O)[O-]. The first-order chi connectivity index (χ1) is 9.63. The van der Waals surface area contributed by atoms with Gasteiger partial charge in [-0.05, 0) is 18.4 Å². The van der Waals surface area contributed by atoms with Crippen LogP contribution in [0.2, 0.25) is 0 Å². The third kappa shape index (κ3) is 3.15. The summed E-state index contributed by atoms with van der Waals surface area (Å²) >= 11 is 0. The van der Waals surface area contributed by atoms with Gasteiger partial charge >= 0.3 is 5.97 Å². The Morgan fingerprint density at radius 1 is 1.35 bits per heavy atom. The molecule has 1 aliphatic rings. The van der Waals surface area contributed by atoms with Crippen molar-refractivity contribution in [3.63, 3.8) is 0 Å². The Morgan fingerprint density at radius 3 is 2.65 bits per heavy atom. The Labute approximate surface area is 118 Å². The summed E-state index contributed by atoms with van der Waals surface area (Å²) in [5.74, 6) is -0.721. The van der Waals surface area contributed by atoms with Crippen molar-refractivity contribution in [3.8, 4) is 0 Å². The first-order valence-electron chi connectivity index (χ1n) is 6.88. The Balaban J connectivity index is 2.23. The Morgan fingerprint density at radius 2 is 2.05 bits per heavy atom. The Hall–Kier alpha value is -1.91. The number of hydrogen-bond acceptors (Lipinski definition) is 4. The molecule has 5 nitrogen and oxygen atoms in total. The summed E-state index contributed by atoms with van der Waals surface area (Å²) < 4.78 is 4.66. The summed E-state index contributed by atoms with van der Waals surface area (Å²) in [6.07, 6.45) is 2.55. The molecule has 1 aliphatic carbocycles. The monoisotopic (exact) mass is 277 g/mol. The van der Waals surface area contributed by atoms with Crippen LogP contribution in [0.4, 0.5) is 0 Å². The second kappa shape index (κ2) is 6.50. The summed E-state index contributed by atoms with van der Waals surface area (Å²) in [5, 5.41) is 11.5. The minimum Gasteiger partial charge on any atom is -0.469 e. The van der Waals surface area contributed by atoms with Gasteiger partial charge in [0.1, 0.15) is 0 Å². The predicted molar refractivity (Wildman–Crippen MR) is 73.9 cm³/mol. The molecule has 1 fully saturated rings. The fourth-order valence-corrected chi connectivity index (χ4v) is 3.17. The van der Waals surface area contributed by atoms with Gasteiger partial charge in [0.2, 0.25) is 6.04 Å². The van der Waals surface area contributed by atoms with Gasteiger partial charge in [-0.1, -0.05) is 36.8 Å². The average molecular weight is 277 g/mol. The first-order valence-corrected chi connectivity index (χ1v) is 6.88. The third-order valence-electron chi connectivity index (χ3n) is 4.11. The number of carbonyl (C=O) groups is 1. The lowest BCUT2D eigenvalue weighted by atomic mass is 9.73. The zero-order valence-electron chi connectivity index (χ0n) is 11.5. The van der Waals surface area contributed by atoms with E-state index in [0.29, 0.717) is 6.42 Å². The highest BCUT2D eigenvalue weighted by atomic mass is 16.6. The van der Waals surface area contributed by atoms with Crippen LogP contribution in [0, 0.1) is 16.0 Å². The van der Waals surface area contributed by atoms with Gasteiger partial charge in [0.05, 0.1) is 19.4 Å². The molecule has 2 rings (SSSR count).